The van der Waals surface area contributed by atoms with E-state index in [1.165, 1.54) is 0 Å². The van der Waals surface area contributed by atoms with Crippen molar-refractivity contribution in [2.45, 2.75) is 0 Å². The molecule has 0 radical (unpaired) electrons. The molecule has 9 heavy (non-hydrogen) atoms. The smallest absolute Gasteiger partial charge is 0.119 e. The van der Waals surface area contributed by atoms with Crippen LogP contribution >= 0.6 is 0 Å². The van der Waals surface area contributed by atoms with Gasteiger partial charge in [0, 0.05) is 0 Å². The summed E-state index contributed by atoms with van der Waals surface area (Å²) in [5, 5.41) is 0. The van der Waals surface area contributed by atoms with Crippen LogP contribution in [-0.4, -0.2) is 38.8 Å². The molecule has 3 N–H and O–H groups in total. The van der Waals surface area contributed by atoms with Gasteiger partial charge in [0.15, 0.2) is 0 Å². The van der Waals surface area contributed by atoms with Crippen LogP contribution in [0.4, 0.5) is 0 Å². The van der Waals surface area contributed by atoms with Gasteiger partial charge in [0.1, 0.15) is 13.2 Å². The Morgan fingerprint density at radius 1 is 1.44 bits per heavy atom. The SMILES string of the molecule is C[N+](C)(C)CCONN. The maximum atomic E-state index is 4.88. The number of hydrogen-bond donors (Lipinski definition) is 2. The minimum atomic E-state index is 0.639. The highest BCUT2D eigenvalue weighted by atomic mass is 16.7. The Kier molecular flexibility index (Phi) is 3.72. The number of quaternary nitrogens is 1. The van der Waals surface area contributed by atoms with E-state index in [1.54, 1.807) is 0 Å². The summed E-state index contributed by atoms with van der Waals surface area (Å²) in [5.74, 6) is 4.88. The maximum Gasteiger partial charge on any atom is 0.119 e. The number of hydrazine groups is 1. The Balaban J connectivity index is 3.07. The third-order valence-electron chi connectivity index (χ3n) is 0.948. The topological polar surface area (TPSA) is 47.3 Å². The van der Waals surface area contributed by atoms with Gasteiger partial charge < -0.3 is 4.48 Å². The van der Waals surface area contributed by atoms with E-state index in [-0.39, 0.29) is 0 Å². The average Bonchev–Trinajstić information content (AvgIpc) is 1.63. The van der Waals surface area contributed by atoms with Gasteiger partial charge >= 0.3 is 0 Å². The zero-order valence-corrected chi connectivity index (χ0v) is 6.35. The normalized spacial score (nSPS) is 12.0. The zero-order valence-electron chi connectivity index (χ0n) is 6.35. The molecule has 0 atom stereocenters. The molecule has 0 rings (SSSR count). The van der Waals surface area contributed by atoms with Crippen molar-refractivity contribution in [2.24, 2.45) is 5.84 Å². The van der Waals surface area contributed by atoms with E-state index < -0.39 is 0 Å². The lowest BCUT2D eigenvalue weighted by Gasteiger charge is -2.22. The molecule has 0 aromatic carbocycles. The van der Waals surface area contributed by atoms with Crippen molar-refractivity contribution >= 4 is 0 Å². The fraction of sp³-hybridized carbons (Fsp3) is 1.00. The van der Waals surface area contributed by atoms with Crippen LogP contribution in [0.2, 0.25) is 0 Å². The number of nitrogens with two attached hydrogens (primary N) is 1. The molecule has 0 amide bonds. The first-order valence-electron chi connectivity index (χ1n) is 2.94. The van der Waals surface area contributed by atoms with Gasteiger partial charge in [-0.05, 0) is 0 Å². The van der Waals surface area contributed by atoms with Crippen LogP contribution in [0.1, 0.15) is 0 Å². The third-order valence-corrected chi connectivity index (χ3v) is 0.948. The minimum Gasteiger partial charge on any atom is -0.329 e. The molecule has 4 heteroatoms. The molecule has 0 fully saturated rings. The van der Waals surface area contributed by atoms with E-state index in [1.807, 2.05) is 0 Å². The van der Waals surface area contributed by atoms with Crippen molar-refractivity contribution in [2.75, 3.05) is 34.3 Å². The summed E-state index contributed by atoms with van der Waals surface area (Å²) in [4.78, 5) is 4.72. The van der Waals surface area contributed by atoms with Crippen molar-refractivity contribution in [1.29, 1.82) is 0 Å². The van der Waals surface area contributed by atoms with Gasteiger partial charge in [0.25, 0.3) is 0 Å². The second-order valence-corrected chi connectivity index (χ2v) is 2.98. The summed E-state index contributed by atoms with van der Waals surface area (Å²) in [5.41, 5.74) is 2.13. The fourth-order valence-electron chi connectivity index (χ4n) is 0.378. The van der Waals surface area contributed by atoms with Gasteiger partial charge in [-0.15, -0.1) is 5.59 Å². The molecule has 0 unspecified atom stereocenters. The van der Waals surface area contributed by atoms with Gasteiger partial charge in [0.05, 0.1) is 21.1 Å². The lowest BCUT2D eigenvalue weighted by molar-refractivity contribution is -0.871. The first-order valence-corrected chi connectivity index (χ1v) is 2.94. The highest BCUT2D eigenvalue weighted by Crippen LogP contribution is 1.86. The molecule has 0 saturated heterocycles. The molecule has 56 valence electrons. The summed E-state index contributed by atoms with van der Waals surface area (Å²) in [6.07, 6.45) is 0. The lowest BCUT2D eigenvalue weighted by Crippen LogP contribution is -2.39. The number of hydrogen-bond acceptors (Lipinski definition) is 3. The fourth-order valence-corrected chi connectivity index (χ4v) is 0.378. The molecule has 0 aliphatic rings. The van der Waals surface area contributed by atoms with Crippen LogP contribution in [0.3, 0.4) is 0 Å². The number of nitrogens with zero attached hydrogens (tertiary/aromatic N) is 1. The van der Waals surface area contributed by atoms with E-state index in [0.717, 1.165) is 11.0 Å². The maximum absolute atomic E-state index is 4.88. The molecular formula is C5H16N3O+. The number of rotatable bonds is 4. The Bertz CT molecular complexity index is 69.1. The van der Waals surface area contributed by atoms with E-state index in [0.29, 0.717) is 6.61 Å². The average molecular weight is 134 g/mol. The first-order chi connectivity index (χ1) is 4.06. The molecule has 0 aliphatic heterocycles. The molecule has 0 heterocycles. The van der Waals surface area contributed by atoms with Gasteiger partial charge in [-0.2, -0.15) is 0 Å². The number of nitrogens with one attached hydrogen (secondary N) is 1. The second-order valence-electron chi connectivity index (χ2n) is 2.98. The predicted molar refractivity (Wildman–Crippen MR) is 36.2 cm³/mol. The van der Waals surface area contributed by atoms with Crippen LogP contribution in [0.25, 0.3) is 0 Å². The van der Waals surface area contributed by atoms with Crippen molar-refractivity contribution < 1.29 is 9.32 Å². The summed E-state index contributed by atoms with van der Waals surface area (Å²) in [6, 6.07) is 0. The predicted octanol–water partition coefficient (Wildman–Crippen LogP) is -0.912. The van der Waals surface area contributed by atoms with Crippen LogP contribution in [0, 0.1) is 0 Å². The largest absolute Gasteiger partial charge is 0.329 e. The Morgan fingerprint density at radius 2 is 2.00 bits per heavy atom. The summed E-state index contributed by atoms with van der Waals surface area (Å²) >= 11 is 0. The van der Waals surface area contributed by atoms with Gasteiger partial charge in [-0.25, -0.2) is 5.84 Å². The zero-order chi connectivity index (χ0) is 7.33. The van der Waals surface area contributed by atoms with E-state index >= 15 is 0 Å². The van der Waals surface area contributed by atoms with Crippen LogP contribution in [0.15, 0.2) is 0 Å². The molecular weight excluding hydrogens is 118 g/mol. The molecule has 0 aliphatic carbocycles. The van der Waals surface area contributed by atoms with Crippen molar-refractivity contribution in [1.82, 2.24) is 5.59 Å². The first kappa shape index (κ1) is 8.84. The quantitative estimate of drug-likeness (QED) is 0.226. The third kappa shape index (κ3) is 7.84. The van der Waals surface area contributed by atoms with Crippen molar-refractivity contribution in [3.63, 3.8) is 0 Å². The molecule has 4 nitrogen and oxygen atoms in total. The van der Waals surface area contributed by atoms with Gasteiger partial charge in [0.2, 0.25) is 0 Å². The standard InChI is InChI=1S/C5H16N3O/c1-8(2,3)4-5-9-7-6/h7H,4-6H2,1-3H3/q+1. The van der Waals surface area contributed by atoms with E-state index in [4.69, 9.17) is 10.7 Å². The molecule has 0 spiro atoms. The molecule has 0 aromatic heterocycles. The Morgan fingerprint density at radius 3 is 2.33 bits per heavy atom. The van der Waals surface area contributed by atoms with Crippen LogP contribution in [-0.2, 0) is 4.84 Å². The van der Waals surface area contributed by atoms with Crippen LogP contribution < -0.4 is 11.4 Å². The lowest BCUT2D eigenvalue weighted by atomic mass is 10.5. The van der Waals surface area contributed by atoms with E-state index in [2.05, 4.69) is 26.7 Å². The van der Waals surface area contributed by atoms with Gasteiger partial charge in [-0.3, -0.25) is 4.84 Å². The second kappa shape index (κ2) is 3.79. The monoisotopic (exact) mass is 134 g/mol. The van der Waals surface area contributed by atoms with E-state index in [9.17, 15) is 0 Å². The van der Waals surface area contributed by atoms with Crippen molar-refractivity contribution in [3.05, 3.63) is 0 Å². The van der Waals surface area contributed by atoms with Gasteiger partial charge in [-0.1, -0.05) is 0 Å². The van der Waals surface area contributed by atoms with Crippen LogP contribution in [0.5, 0.6) is 0 Å². The minimum absolute atomic E-state index is 0.639. The Hall–Kier alpha value is -0.160. The van der Waals surface area contributed by atoms with Crippen molar-refractivity contribution in [3.8, 4) is 0 Å². The Labute approximate surface area is 56.1 Å². The summed E-state index contributed by atoms with van der Waals surface area (Å²) in [6.45, 7) is 1.59. The molecule has 0 saturated carbocycles. The summed E-state index contributed by atoms with van der Waals surface area (Å²) in [7, 11) is 6.29. The highest BCUT2D eigenvalue weighted by molar-refractivity contribution is 4.22. The molecule has 0 aromatic rings. The highest BCUT2D eigenvalue weighted by Gasteiger charge is 2.04. The number of likely N-dealkylation sites (N-methyl/N-ethyl adjacent to an activating group) is 1. The molecule has 0 bridgehead atoms. The summed E-state index contributed by atoms with van der Waals surface area (Å²) < 4.78 is 0.891.